The van der Waals surface area contributed by atoms with E-state index in [-0.39, 0.29) is 13.0 Å². The smallest absolute Gasteiger partial charge is 0.304 e. The van der Waals surface area contributed by atoms with Gasteiger partial charge in [-0.3, -0.25) is 19.3 Å². The molecule has 106 valence electrons. The molecule has 0 aliphatic carbocycles. The number of carbonyl (C=O) groups excluding carboxylic acids is 2. The van der Waals surface area contributed by atoms with E-state index in [9.17, 15) is 19.5 Å². The number of benzene rings is 1. The minimum atomic E-state index is -1.11. The minimum absolute atomic E-state index is 0.137. The van der Waals surface area contributed by atoms with Crippen molar-refractivity contribution in [1.82, 2.24) is 4.90 Å². The predicted octanol–water partition coefficient (Wildman–Crippen LogP) is 0.608. The number of carbonyl (C=O) groups is 3. The molecule has 0 spiro atoms. The Balaban J connectivity index is 2.46. The Labute approximate surface area is 115 Å². The first kappa shape index (κ1) is 14.2. The van der Waals surface area contributed by atoms with Gasteiger partial charge < -0.3 is 10.2 Å². The van der Waals surface area contributed by atoms with E-state index in [0.29, 0.717) is 11.1 Å². The van der Waals surface area contributed by atoms with Crippen molar-refractivity contribution in [3.05, 3.63) is 35.4 Å². The van der Waals surface area contributed by atoms with Gasteiger partial charge in [-0.15, -0.1) is 0 Å². The number of fused-ring (bicyclic) bond motifs is 1. The Kier molecular flexibility index (Phi) is 3.85. The van der Waals surface area contributed by atoms with E-state index in [4.69, 9.17) is 5.11 Å². The van der Waals surface area contributed by atoms with Crippen LogP contribution >= 0.6 is 0 Å². The topological polar surface area (TPSA) is 94.9 Å². The fraction of sp³-hybridized carbons (Fsp3) is 0.357. The van der Waals surface area contributed by atoms with Crippen LogP contribution in [0, 0.1) is 0 Å². The van der Waals surface area contributed by atoms with E-state index in [2.05, 4.69) is 0 Å². The van der Waals surface area contributed by atoms with Gasteiger partial charge in [-0.05, 0) is 18.6 Å². The molecule has 0 radical (unpaired) electrons. The average Bonchev–Trinajstić information content (AvgIpc) is 2.39. The van der Waals surface area contributed by atoms with Crippen LogP contribution in [-0.2, 0) is 9.59 Å². The first-order valence-corrected chi connectivity index (χ1v) is 6.26. The van der Waals surface area contributed by atoms with Crippen LogP contribution in [0.15, 0.2) is 24.3 Å². The second-order valence-electron chi connectivity index (χ2n) is 4.84. The van der Waals surface area contributed by atoms with Crippen LogP contribution in [0.3, 0.4) is 0 Å². The fourth-order valence-corrected chi connectivity index (χ4v) is 2.37. The molecule has 0 bridgehead atoms. The maximum Gasteiger partial charge on any atom is 0.304 e. The number of aliphatic carboxylic acids is 1. The van der Waals surface area contributed by atoms with Crippen molar-refractivity contribution < 1.29 is 24.6 Å². The summed E-state index contributed by atoms with van der Waals surface area (Å²) in [6.07, 6.45) is -1.24. The van der Waals surface area contributed by atoms with Gasteiger partial charge in [-0.2, -0.15) is 0 Å². The number of rotatable bonds is 4. The van der Waals surface area contributed by atoms with Crippen LogP contribution in [0.4, 0.5) is 0 Å². The molecule has 6 nitrogen and oxygen atoms in total. The number of carboxylic acid groups (broad SMARTS) is 1. The fourth-order valence-electron chi connectivity index (χ4n) is 2.37. The average molecular weight is 277 g/mol. The van der Waals surface area contributed by atoms with Crippen LogP contribution < -0.4 is 0 Å². The molecule has 2 atom stereocenters. The van der Waals surface area contributed by atoms with Gasteiger partial charge >= 0.3 is 5.97 Å². The zero-order chi connectivity index (χ0) is 14.9. The molecular weight excluding hydrogens is 262 g/mol. The van der Waals surface area contributed by atoms with Gasteiger partial charge in [0.15, 0.2) is 0 Å². The third-order valence-corrected chi connectivity index (χ3v) is 3.20. The van der Waals surface area contributed by atoms with Crippen molar-refractivity contribution in [3.63, 3.8) is 0 Å². The summed E-state index contributed by atoms with van der Waals surface area (Å²) in [6, 6.07) is 6.48. The van der Waals surface area contributed by atoms with E-state index in [1.54, 1.807) is 24.3 Å². The first-order chi connectivity index (χ1) is 9.41. The Hall–Kier alpha value is -2.21. The molecule has 1 heterocycles. The zero-order valence-electron chi connectivity index (χ0n) is 10.9. The van der Waals surface area contributed by atoms with Crippen LogP contribution in [0.5, 0.6) is 0 Å². The molecular formula is C14H15NO5. The largest absolute Gasteiger partial charge is 0.481 e. The van der Waals surface area contributed by atoms with Crippen LogP contribution in [0.2, 0.25) is 0 Å². The number of aliphatic hydroxyl groups is 1. The van der Waals surface area contributed by atoms with Gasteiger partial charge in [0.25, 0.3) is 5.91 Å². The van der Waals surface area contributed by atoms with Gasteiger partial charge in [0, 0.05) is 5.56 Å². The molecule has 0 fully saturated rings. The van der Waals surface area contributed by atoms with Gasteiger partial charge in [-0.1, -0.05) is 18.2 Å². The molecule has 1 aliphatic rings. The van der Waals surface area contributed by atoms with Crippen molar-refractivity contribution in [2.24, 2.45) is 0 Å². The lowest BCUT2D eigenvalue weighted by Gasteiger charge is -2.32. The summed E-state index contributed by atoms with van der Waals surface area (Å²) in [4.78, 5) is 36.4. The van der Waals surface area contributed by atoms with Crippen molar-refractivity contribution >= 4 is 17.8 Å². The first-order valence-electron chi connectivity index (χ1n) is 6.26. The van der Waals surface area contributed by atoms with Gasteiger partial charge in [0.2, 0.25) is 5.91 Å². The highest BCUT2D eigenvalue weighted by molar-refractivity contribution is 6.12. The van der Waals surface area contributed by atoms with E-state index in [0.717, 1.165) is 4.90 Å². The number of hydrogen-bond acceptors (Lipinski definition) is 4. The lowest BCUT2D eigenvalue weighted by atomic mass is 9.86. The van der Waals surface area contributed by atoms with Crippen molar-refractivity contribution in [2.75, 3.05) is 6.54 Å². The molecule has 2 amide bonds. The molecule has 0 aromatic heterocycles. The number of imide groups is 1. The molecule has 6 heteroatoms. The van der Waals surface area contributed by atoms with Crippen LogP contribution in [-0.4, -0.2) is 45.5 Å². The number of hydrogen-bond donors (Lipinski definition) is 2. The Morgan fingerprint density at radius 3 is 2.60 bits per heavy atom. The Morgan fingerprint density at radius 2 is 2.00 bits per heavy atom. The molecule has 1 aliphatic heterocycles. The van der Waals surface area contributed by atoms with Crippen molar-refractivity contribution in [3.8, 4) is 0 Å². The SMILES string of the molecule is CC(O)CN1C(=O)c2ccccc2C(CC(=O)O)C1=O. The minimum Gasteiger partial charge on any atom is -0.481 e. The molecule has 2 unspecified atom stereocenters. The number of amides is 2. The monoisotopic (exact) mass is 277 g/mol. The molecule has 2 rings (SSSR count). The highest BCUT2D eigenvalue weighted by Gasteiger charge is 2.39. The van der Waals surface area contributed by atoms with Gasteiger partial charge in [-0.25, -0.2) is 0 Å². The number of β-amino-alcohol motifs (C(OH)–C–C–N with tert-alkyl or cyclic N) is 1. The second kappa shape index (κ2) is 5.42. The molecule has 20 heavy (non-hydrogen) atoms. The summed E-state index contributed by atoms with van der Waals surface area (Å²) in [7, 11) is 0. The maximum atomic E-state index is 12.3. The van der Waals surface area contributed by atoms with E-state index in [1.165, 1.54) is 6.92 Å². The third kappa shape index (κ3) is 2.55. The normalized spacial score (nSPS) is 19.7. The summed E-state index contributed by atoms with van der Waals surface area (Å²) < 4.78 is 0. The zero-order valence-corrected chi connectivity index (χ0v) is 10.9. The summed E-state index contributed by atoms with van der Waals surface area (Å²) in [6.45, 7) is 1.33. The van der Waals surface area contributed by atoms with Crippen molar-refractivity contribution in [1.29, 1.82) is 0 Å². The van der Waals surface area contributed by atoms with Crippen LogP contribution in [0.1, 0.15) is 35.2 Å². The highest BCUT2D eigenvalue weighted by Crippen LogP contribution is 2.31. The predicted molar refractivity (Wildman–Crippen MR) is 69.2 cm³/mol. The quantitative estimate of drug-likeness (QED) is 0.786. The molecule has 0 saturated carbocycles. The number of nitrogens with zero attached hydrogens (tertiary/aromatic N) is 1. The number of carboxylic acids is 1. The molecule has 0 saturated heterocycles. The summed E-state index contributed by atoms with van der Waals surface area (Å²) in [5, 5.41) is 18.3. The third-order valence-electron chi connectivity index (χ3n) is 3.20. The maximum absolute atomic E-state index is 12.3. The Bertz CT molecular complexity index is 566. The lowest BCUT2D eigenvalue weighted by Crippen LogP contribution is -2.48. The molecule has 1 aromatic carbocycles. The standard InChI is InChI=1S/C14H15NO5/c1-8(16)7-15-13(19)10-5-3-2-4-9(10)11(14(15)20)6-12(17)18/h2-5,8,11,16H,6-7H2,1H3,(H,17,18). The summed E-state index contributed by atoms with van der Waals surface area (Å²) >= 11 is 0. The van der Waals surface area contributed by atoms with E-state index >= 15 is 0 Å². The second-order valence-corrected chi connectivity index (χ2v) is 4.84. The summed E-state index contributed by atoms with van der Waals surface area (Å²) in [5.41, 5.74) is 0.755. The van der Waals surface area contributed by atoms with E-state index in [1.807, 2.05) is 0 Å². The molecule has 2 N–H and O–H groups in total. The Morgan fingerprint density at radius 1 is 1.35 bits per heavy atom. The van der Waals surface area contributed by atoms with Gasteiger partial charge in [0.1, 0.15) is 0 Å². The molecule has 1 aromatic rings. The number of aliphatic hydroxyl groups excluding tert-OH is 1. The van der Waals surface area contributed by atoms with Crippen LogP contribution in [0.25, 0.3) is 0 Å². The highest BCUT2D eigenvalue weighted by atomic mass is 16.4. The lowest BCUT2D eigenvalue weighted by molar-refractivity contribution is -0.142. The summed E-state index contributed by atoms with van der Waals surface area (Å²) in [5.74, 6) is -3.06. The van der Waals surface area contributed by atoms with E-state index < -0.39 is 29.8 Å². The van der Waals surface area contributed by atoms with Crippen molar-refractivity contribution in [2.45, 2.75) is 25.4 Å². The van der Waals surface area contributed by atoms with Gasteiger partial charge in [0.05, 0.1) is 25.0 Å².